The lowest BCUT2D eigenvalue weighted by atomic mass is 9.92. The summed E-state index contributed by atoms with van der Waals surface area (Å²) in [5.41, 5.74) is 1.86. The van der Waals surface area contributed by atoms with Crippen LogP contribution in [-0.4, -0.2) is 37.0 Å². The Kier molecular flexibility index (Phi) is 4.69. The van der Waals surface area contributed by atoms with E-state index in [1.807, 2.05) is 34.6 Å². The van der Waals surface area contributed by atoms with Gasteiger partial charge in [-0.2, -0.15) is 0 Å². The van der Waals surface area contributed by atoms with Crippen molar-refractivity contribution in [2.24, 2.45) is 5.41 Å². The third-order valence-corrected chi connectivity index (χ3v) is 8.45. The standard InChI is InChI=1S/C17H21N3O3S3/c1-9-10(2)25-15-13(9)14-11(26(22,23)20(15)6)7-18-16(19-14)24-8-12(21)17(3,4)5/h7H,8H2,1-6H3. The largest absolute Gasteiger partial charge is 0.298 e. The molecule has 6 nitrogen and oxygen atoms in total. The molecule has 0 aliphatic carbocycles. The Bertz CT molecular complexity index is 1000. The summed E-state index contributed by atoms with van der Waals surface area (Å²) in [4.78, 5) is 22.0. The molecule has 0 N–H and O–H groups in total. The van der Waals surface area contributed by atoms with Crippen LogP contribution in [0.15, 0.2) is 16.2 Å². The van der Waals surface area contributed by atoms with E-state index in [4.69, 9.17) is 0 Å². The Hall–Kier alpha value is -1.45. The maximum atomic E-state index is 12.8. The Morgan fingerprint density at radius 1 is 1.31 bits per heavy atom. The normalized spacial score (nSPS) is 15.5. The van der Waals surface area contributed by atoms with Crippen molar-refractivity contribution < 1.29 is 13.2 Å². The highest BCUT2D eigenvalue weighted by molar-refractivity contribution is 7.99. The highest BCUT2D eigenvalue weighted by Gasteiger charge is 2.37. The van der Waals surface area contributed by atoms with E-state index < -0.39 is 15.4 Å². The number of rotatable bonds is 3. The number of thiophene rings is 1. The third-order valence-electron chi connectivity index (χ3n) is 4.43. The number of hydrogen-bond donors (Lipinski definition) is 0. The van der Waals surface area contributed by atoms with E-state index in [9.17, 15) is 13.2 Å². The van der Waals surface area contributed by atoms with Crippen LogP contribution >= 0.6 is 23.1 Å². The quantitative estimate of drug-likeness (QED) is 0.566. The number of nitrogens with zero attached hydrogens (tertiary/aromatic N) is 3. The molecule has 2 aromatic heterocycles. The van der Waals surface area contributed by atoms with Crippen molar-refractivity contribution in [3.8, 4) is 11.3 Å². The number of aryl methyl sites for hydroxylation is 1. The topological polar surface area (TPSA) is 80.2 Å². The monoisotopic (exact) mass is 411 g/mol. The van der Waals surface area contributed by atoms with Crippen molar-refractivity contribution in [3.05, 3.63) is 16.6 Å². The molecule has 0 amide bonds. The molecule has 1 aliphatic rings. The highest BCUT2D eigenvalue weighted by atomic mass is 32.2. The van der Waals surface area contributed by atoms with Crippen LogP contribution in [0, 0.1) is 19.3 Å². The zero-order chi connectivity index (χ0) is 19.4. The summed E-state index contributed by atoms with van der Waals surface area (Å²) in [5.74, 6) is 0.350. The summed E-state index contributed by atoms with van der Waals surface area (Å²) in [6, 6.07) is 0. The summed E-state index contributed by atoms with van der Waals surface area (Å²) in [5, 5.41) is 1.09. The molecule has 3 heterocycles. The number of ketones is 1. The molecule has 26 heavy (non-hydrogen) atoms. The van der Waals surface area contributed by atoms with E-state index in [-0.39, 0.29) is 16.4 Å². The molecular formula is C17H21N3O3S3. The van der Waals surface area contributed by atoms with Crippen LogP contribution in [0.3, 0.4) is 0 Å². The molecule has 2 aromatic rings. The molecule has 1 aliphatic heterocycles. The number of Topliss-reactive ketones (excluding diaryl/α,β-unsaturated/α-hetero) is 1. The summed E-state index contributed by atoms with van der Waals surface area (Å²) in [6.45, 7) is 9.55. The fourth-order valence-electron chi connectivity index (χ4n) is 2.50. The van der Waals surface area contributed by atoms with Gasteiger partial charge in [0.25, 0.3) is 10.0 Å². The second kappa shape index (κ2) is 6.31. The fourth-order valence-corrected chi connectivity index (χ4v) is 6.10. The van der Waals surface area contributed by atoms with E-state index in [2.05, 4.69) is 9.97 Å². The molecule has 9 heteroatoms. The zero-order valence-corrected chi connectivity index (χ0v) is 18.0. The number of sulfonamides is 1. The van der Waals surface area contributed by atoms with Crippen LogP contribution in [-0.2, 0) is 14.8 Å². The van der Waals surface area contributed by atoms with Crippen LogP contribution in [0.25, 0.3) is 11.3 Å². The molecule has 0 unspecified atom stereocenters. The van der Waals surface area contributed by atoms with Gasteiger partial charge in [0.1, 0.15) is 15.7 Å². The summed E-state index contributed by atoms with van der Waals surface area (Å²) in [6.07, 6.45) is 1.35. The number of carbonyl (C=O) groups is 1. The Labute approximate surface area is 162 Å². The number of anilines is 1. The van der Waals surface area contributed by atoms with Crippen LogP contribution in [0.1, 0.15) is 31.2 Å². The van der Waals surface area contributed by atoms with Gasteiger partial charge in [-0.3, -0.25) is 9.10 Å². The molecule has 140 valence electrons. The molecule has 0 spiro atoms. The minimum atomic E-state index is -3.67. The molecule has 0 fully saturated rings. The summed E-state index contributed by atoms with van der Waals surface area (Å²) in [7, 11) is -2.11. The van der Waals surface area contributed by atoms with Gasteiger partial charge >= 0.3 is 0 Å². The first kappa shape index (κ1) is 19.3. The van der Waals surface area contributed by atoms with Gasteiger partial charge in [-0.25, -0.2) is 18.4 Å². The van der Waals surface area contributed by atoms with E-state index in [0.29, 0.717) is 15.9 Å². The first-order valence-electron chi connectivity index (χ1n) is 8.07. The number of aromatic nitrogens is 2. The minimum Gasteiger partial charge on any atom is -0.298 e. The Morgan fingerprint density at radius 3 is 2.58 bits per heavy atom. The van der Waals surface area contributed by atoms with Gasteiger partial charge in [0, 0.05) is 22.9 Å². The molecule has 0 saturated carbocycles. The van der Waals surface area contributed by atoms with E-state index in [1.54, 1.807) is 7.05 Å². The lowest BCUT2D eigenvalue weighted by Crippen LogP contribution is -2.30. The van der Waals surface area contributed by atoms with E-state index in [0.717, 1.165) is 16.0 Å². The summed E-state index contributed by atoms with van der Waals surface area (Å²) >= 11 is 2.68. The van der Waals surface area contributed by atoms with Gasteiger partial charge in [0.15, 0.2) is 5.16 Å². The van der Waals surface area contributed by atoms with Crippen LogP contribution in [0.4, 0.5) is 5.00 Å². The number of carbonyl (C=O) groups excluding carboxylic acids is 1. The Morgan fingerprint density at radius 2 is 1.96 bits per heavy atom. The van der Waals surface area contributed by atoms with Crippen LogP contribution < -0.4 is 4.31 Å². The number of fused-ring (bicyclic) bond motifs is 3. The number of hydrogen-bond acceptors (Lipinski definition) is 7. The smallest absolute Gasteiger partial charge is 0.268 e. The predicted octanol–water partition coefficient (Wildman–Crippen LogP) is 3.67. The molecule has 0 radical (unpaired) electrons. The third kappa shape index (κ3) is 3.05. The molecule has 0 atom stereocenters. The first-order valence-corrected chi connectivity index (χ1v) is 11.3. The second-order valence-corrected chi connectivity index (χ2v) is 11.3. The SMILES string of the molecule is Cc1sc2c(c1C)-c1nc(SCC(=O)C(C)(C)C)ncc1S(=O)(=O)N2C. The highest BCUT2D eigenvalue weighted by Crippen LogP contribution is 2.48. The van der Waals surface area contributed by atoms with Crippen LogP contribution in [0.2, 0.25) is 0 Å². The van der Waals surface area contributed by atoms with Gasteiger partial charge in [-0.15, -0.1) is 11.3 Å². The lowest BCUT2D eigenvalue weighted by molar-refractivity contribution is -0.123. The van der Waals surface area contributed by atoms with Crippen molar-refractivity contribution >= 4 is 43.9 Å². The average Bonchev–Trinajstić information content (AvgIpc) is 2.85. The van der Waals surface area contributed by atoms with Crippen molar-refractivity contribution in [1.82, 2.24) is 9.97 Å². The zero-order valence-electron chi connectivity index (χ0n) is 15.6. The van der Waals surface area contributed by atoms with Crippen molar-refractivity contribution in [1.29, 1.82) is 0 Å². The lowest BCUT2D eigenvalue weighted by Gasteiger charge is -2.26. The van der Waals surface area contributed by atoms with Gasteiger partial charge < -0.3 is 0 Å². The maximum Gasteiger partial charge on any atom is 0.268 e. The fraction of sp³-hybridized carbons (Fsp3) is 0.471. The van der Waals surface area contributed by atoms with Gasteiger partial charge in [-0.05, 0) is 19.4 Å². The molecule has 0 saturated heterocycles. The molecule has 0 bridgehead atoms. The van der Waals surface area contributed by atoms with Crippen molar-refractivity contribution in [2.45, 2.75) is 44.7 Å². The Balaban J connectivity index is 2.07. The van der Waals surface area contributed by atoms with Crippen LogP contribution in [0.5, 0.6) is 0 Å². The molecule has 0 aromatic carbocycles. The van der Waals surface area contributed by atoms with Crippen molar-refractivity contribution in [3.63, 3.8) is 0 Å². The minimum absolute atomic E-state index is 0.0967. The second-order valence-electron chi connectivity index (χ2n) is 7.26. The van der Waals surface area contributed by atoms with E-state index in [1.165, 1.54) is 33.6 Å². The number of thioether (sulfide) groups is 1. The average molecular weight is 412 g/mol. The van der Waals surface area contributed by atoms with Gasteiger partial charge in [0.05, 0.1) is 17.6 Å². The molecule has 3 rings (SSSR count). The van der Waals surface area contributed by atoms with Gasteiger partial charge in [-0.1, -0.05) is 32.5 Å². The molecular weight excluding hydrogens is 390 g/mol. The predicted molar refractivity (Wildman–Crippen MR) is 106 cm³/mol. The van der Waals surface area contributed by atoms with Gasteiger partial charge in [0.2, 0.25) is 0 Å². The maximum absolute atomic E-state index is 12.8. The van der Waals surface area contributed by atoms with Crippen molar-refractivity contribution in [2.75, 3.05) is 17.1 Å². The first-order chi connectivity index (χ1) is 11.9. The summed E-state index contributed by atoms with van der Waals surface area (Å²) < 4.78 is 26.9. The van der Waals surface area contributed by atoms with E-state index >= 15 is 0 Å².